The quantitative estimate of drug-likeness (QED) is 0.770. The first kappa shape index (κ1) is 20.8. The third kappa shape index (κ3) is 4.53. The Morgan fingerprint density at radius 2 is 1.89 bits per heavy atom. The topological polar surface area (TPSA) is 88.6 Å². The average Bonchev–Trinajstić information content (AvgIpc) is 3.02. The summed E-state index contributed by atoms with van der Waals surface area (Å²) < 4.78 is 31.9. The maximum absolute atomic E-state index is 12.5. The van der Waals surface area contributed by atoms with Crippen molar-refractivity contribution in [2.75, 3.05) is 11.9 Å². The van der Waals surface area contributed by atoms with Crippen LogP contribution in [0, 0.1) is 0 Å². The van der Waals surface area contributed by atoms with Crippen LogP contribution in [0.1, 0.15) is 48.6 Å². The smallest absolute Gasteiger partial charge is 0.257 e. The third-order valence-electron chi connectivity index (χ3n) is 4.36. The Morgan fingerprint density at radius 1 is 1.21 bits per heavy atom. The fourth-order valence-electron chi connectivity index (χ4n) is 2.87. The van der Waals surface area contributed by atoms with Crippen molar-refractivity contribution in [2.45, 2.75) is 52.0 Å². The summed E-state index contributed by atoms with van der Waals surface area (Å²) in [7, 11) is -3.30. The second-order valence-electron chi connectivity index (χ2n) is 7.21. The van der Waals surface area contributed by atoms with Crippen LogP contribution in [0.2, 0.25) is 0 Å². The number of aromatic nitrogens is 1. The minimum Gasteiger partial charge on any atom is -0.491 e. The van der Waals surface area contributed by atoms with Crippen molar-refractivity contribution >= 4 is 32.4 Å². The van der Waals surface area contributed by atoms with Crippen LogP contribution in [0.4, 0.5) is 5.13 Å². The van der Waals surface area contributed by atoms with Gasteiger partial charge in [0.25, 0.3) is 5.91 Å². The highest BCUT2D eigenvalue weighted by atomic mass is 32.2. The molecule has 0 atom stereocenters. The van der Waals surface area contributed by atoms with Crippen LogP contribution in [0.3, 0.4) is 0 Å². The molecular weight excluding hydrogens is 398 g/mol. The largest absolute Gasteiger partial charge is 0.491 e. The van der Waals surface area contributed by atoms with Crippen LogP contribution >= 0.6 is 11.3 Å². The molecule has 28 heavy (non-hydrogen) atoms. The molecule has 7 nitrogen and oxygen atoms in total. The molecule has 0 bridgehead atoms. The zero-order valence-corrected chi connectivity index (χ0v) is 18.1. The van der Waals surface area contributed by atoms with Gasteiger partial charge in [0.05, 0.1) is 17.0 Å². The van der Waals surface area contributed by atoms with Crippen molar-refractivity contribution < 1.29 is 17.9 Å². The molecule has 9 heteroatoms. The van der Waals surface area contributed by atoms with Gasteiger partial charge < -0.3 is 4.74 Å². The molecule has 0 radical (unpaired) electrons. The second-order valence-corrected chi connectivity index (χ2v) is 10.8. The number of amides is 1. The predicted octanol–water partition coefficient (Wildman–Crippen LogP) is 3.28. The van der Waals surface area contributed by atoms with E-state index in [9.17, 15) is 13.2 Å². The first-order chi connectivity index (χ1) is 13.2. The number of hydrogen-bond acceptors (Lipinski definition) is 6. The van der Waals surface area contributed by atoms with Crippen molar-refractivity contribution in [2.24, 2.45) is 0 Å². The lowest BCUT2D eigenvalue weighted by Crippen LogP contribution is -2.39. The van der Waals surface area contributed by atoms with E-state index in [0.717, 1.165) is 10.6 Å². The number of fused-ring (bicyclic) bond motifs is 1. The Kier molecular flexibility index (Phi) is 6.07. The van der Waals surface area contributed by atoms with Crippen LogP contribution in [-0.4, -0.2) is 41.5 Å². The number of carbonyl (C=O) groups excluding carboxylic acids is 1. The van der Waals surface area contributed by atoms with Gasteiger partial charge in [0.2, 0.25) is 10.0 Å². The van der Waals surface area contributed by atoms with Gasteiger partial charge in [0.15, 0.2) is 5.13 Å². The normalized spacial score (nSPS) is 14.9. The fourth-order valence-corrected chi connectivity index (χ4v) is 5.22. The van der Waals surface area contributed by atoms with Gasteiger partial charge in [0, 0.05) is 30.0 Å². The molecule has 0 saturated heterocycles. The van der Waals surface area contributed by atoms with E-state index in [-0.39, 0.29) is 12.0 Å². The number of thiazole rings is 1. The van der Waals surface area contributed by atoms with Gasteiger partial charge in [0.1, 0.15) is 5.75 Å². The van der Waals surface area contributed by atoms with Gasteiger partial charge >= 0.3 is 0 Å². The molecule has 0 spiro atoms. The van der Waals surface area contributed by atoms with Gasteiger partial charge in [-0.25, -0.2) is 13.4 Å². The molecule has 1 aliphatic rings. The van der Waals surface area contributed by atoms with E-state index >= 15 is 0 Å². The van der Waals surface area contributed by atoms with Gasteiger partial charge in [-0.2, -0.15) is 4.31 Å². The summed E-state index contributed by atoms with van der Waals surface area (Å²) in [5.74, 6) is 0.455. The second kappa shape index (κ2) is 8.18. The van der Waals surface area contributed by atoms with E-state index in [1.807, 2.05) is 13.8 Å². The number of hydrogen-bond donors (Lipinski definition) is 1. The van der Waals surface area contributed by atoms with Crippen molar-refractivity contribution in [3.8, 4) is 5.75 Å². The lowest BCUT2D eigenvalue weighted by molar-refractivity contribution is 0.102. The number of ether oxygens (including phenoxy) is 1. The SMILES string of the molecule is CC(C)Oc1ccc(C(=O)Nc2nc3c(s2)CN(S(=O)(=O)C(C)C)CC3)cc1. The Hall–Kier alpha value is -1.97. The number of benzene rings is 1. The Balaban J connectivity index is 1.68. The zero-order chi connectivity index (χ0) is 20.5. The molecule has 1 aliphatic heterocycles. The van der Waals surface area contributed by atoms with E-state index < -0.39 is 15.3 Å². The third-order valence-corrected chi connectivity index (χ3v) is 7.58. The maximum Gasteiger partial charge on any atom is 0.257 e. The molecule has 1 amide bonds. The van der Waals surface area contributed by atoms with E-state index in [2.05, 4.69) is 10.3 Å². The predicted molar refractivity (Wildman–Crippen MR) is 110 cm³/mol. The van der Waals surface area contributed by atoms with Gasteiger partial charge in [-0.05, 0) is 52.0 Å². The van der Waals surface area contributed by atoms with E-state index in [4.69, 9.17) is 4.74 Å². The van der Waals surface area contributed by atoms with Gasteiger partial charge in [-0.15, -0.1) is 11.3 Å². The van der Waals surface area contributed by atoms with Gasteiger partial charge in [-0.3, -0.25) is 10.1 Å². The first-order valence-corrected chi connectivity index (χ1v) is 11.5. The minimum absolute atomic E-state index is 0.0698. The summed E-state index contributed by atoms with van der Waals surface area (Å²) in [4.78, 5) is 17.8. The summed E-state index contributed by atoms with van der Waals surface area (Å²) in [5.41, 5.74) is 1.37. The summed E-state index contributed by atoms with van der Waals surface area (Å²) in [5, 5.41) is 2.84. The lowest BCUT2D eigenvalue weighted by Gasteiger charge is -2.26. The molecule has 0 fully saturated rings. The first-order valence-electron chi connectivity index (χ1n) is 9.22. The number of anilines is 1. The van der Waals surface area contributed by atoms with Crippen molar-refractivity contribution in [1.29, 1.82) is 0 Å². The highest BCUT2D eigenvalue weighted by Crippen LogP contribution is 2.30. The lowest BCUT2D eigenvalue weighted by atomic mass is 10.2. The maximum atomic E-state index is 12.5. The van der Waals surface area contributed by atoms with Crippen molar-refractivity contribution in [1.82, 2.24) is 9.29 Å². The van der Waals surface area contributed by atoms with Crippen LogP contribution in [0.25, 0.3) is 0 Å². The molecule has 152 valence electrons. The highest BCUT2D eigenvalue weighted by molar-refractivity contribution is 7.89. The molecule has 2 aromatic rings. The van der Waals surface area contributed by atoms with Crippen molar-refractivity contribution in [3.05, 3.63) is 40.4 Å². The molecule has 1 aromatic carbocycles. The number of rotatable bonds is 6. The number of carbonyl (C=O) groups is 1. The number of nitrogens with zero attached hydrogens (tertiary/aromatic N) is 2. The Labute approximate surface area is 169 Å². The molecule has 3 rings (SSSR count). The highest BCUT2D eigenvalue weighted by Gasteiger charge is 2.31. The summed E-state index contributed by atoms with van der Waals surface area (Å²) in [6.45, 7) is 7.98. The van der Waals surface area contributed by atoms with Crippen LogP contribution in [-0.2, 0) is 23.0 Å². The van der Waals surface area contributed by atoms with Crippen LogP contribution in [0.15, 0.2) is 24.3 Å². The van der Waals surface area contributed by atoms with Crippen molar-refractivity contribution in [3.63, 3.8) is 0 Å². The van der Waals surface area contributed by atoms with E-state index in [1.54, 1.807) is 38.1 Å². The van der Waals surface area contributed by atoms with Crippen LogP contribution in [0.5, 0.6) is 5.75 Å². The Morgan fingerprint density at radius 3 is 2.50 bits per heavy atom. The fraction of sp³-hybridized carbons (Fsp3) is 0.474. The monoisotopic (exact) mass is 423 g/mol. The summed E-state index contributed by atoms with van der Waals surface area (Å²) in [6.07, 6.45) is 0.620. The Bertz CT molecular complexity index is 950. The molecule has 1 N–H and O–H groups in total. The molecule has 2 heterocycles. The standard InChI is InChI=1S/C19H25N3O4S2/c1-12(2)26-15-7-5-14(6-8-15)18(23)21-19-20-16-9-10-22(11-17(16)27-19)28(24,25)13(3)4/h5-8,12-13H,9-11H2,1-4H3,(H,20,21,23). The molecule has 0 unspecified atom stereocenters. The molecular formula is C19H25N3O4S2. The summed E-state index contributed by atoms with van der Waals surface area (Å²) >= 11 is 1.33. The van der Waals surface area contributed by atoms with Gasteiger partial charge in [-0.1, -0.05) is 0 Å². The number of nitrogens with one attached hydrogen (secondary N) is 1. The van der Waals surface area contributed by atoms with E-state index in [1.165, 1.54) is 15.6 Å². The molecule has 1 aromatic heterocycles. The van der Waals surface area contributed by atoms with Crippen LogP contribution < -0.4 is 10.1 Å². The zero-order valence-electron chi connectivity index (χ0n) is 16.4. The average molecular weight is 424 g/mol. The number of sulfonamides is 1. The minimum atomic E-state index is -3.30. The van der Waals surface area contributed by atoms with E-state index in [0.29, 0.717) is 36.0 Å². The summed E-state index contributed by atoms with van der Waals surface area (Å²) in [6, 6.07) is 6.93. The molecule has 0 saturated carbocycles. The molecule has 0 aliphatic carbocycles.